The molecule has 1 saturated heterocycles. The molecular formula is C22H18N4O4. The van der Waals surface area contributed by atoms with Crippen molar-refractivity contribution in [3.63, 3.8) is 0 Å². The van der Waals surface area contributed by atoms with Gasteiger partial charge in [-0.3, -0.25) is 24.7 Å². The number of methoxy groups -OCH3 is 1. The molecule has 1 fully saturated rings. The molecule has 2 aliphatic rings. The van der Waals surface area contributed by atoms with Gasteiger partial charge in [-0.05, 0) is 35.1 Å². The molecule has 1 aromatic carbocycles. The molecule has 0 radical (unpaired) electrons. The second-order valence-electron chi connectivity index (χ2n) is 7.33. The number of carbonyl (C=O) groups excluding carboxylic acids is 3. The third-order valence-electron chi connectivity index (χ3n) is 5.72. The van der Waals surface area contributed by atoms with Crippen LogP contribution in [0.4, 0.5) is 0 Å². The second-order valence-corrected chi connectivity index (χ2v) is 7.33. The van der Waals surface area contributed by atoms with Crippen LogP contribution in [0.3, 0.4) is 0 Å². The van der Waals surface area contributed by atoms with Crippen LogP contribution in [0, 0.1) is 0 Å². The lowest BCUT2D eigenvalue weighted by Gasteiger charge is -2.29. The Morgan fingerprint density at radius 1 is 1.07 bits per heavy atom. The minimum absolute atomic E-state index is 0.200. The molecule has 3 aromatic rings. The maximum absolute atomic E-state index is 13.1. The van der Waals surface area contributed by atoms with E-state index in [0.29, 0.717) is 24.4 Å². The van der Waals surface area contributed by atoms with Crippen molar-refractivity contribution >= 4 is 28.5 Å². The van der Waals surface area contributed by atoms with Gasteiger partial charge >= 0.3 is 0 Å². The fraction of sp³-hybridized carbons (Fsp3) is 0.227. The van der Waals surface area contributed by atoms with E-state index in [0.717, 1.165) is 27.5 Å². The van der Waals surface area contributed by atoms with Crippen LogP contribution in [-0.2, 0) is 16.1 Å². The van der Waals surface area contributed by atoms with E-state index in [1.54, 1.807) is 36.7 Å². The summed E-state index contributed by atoms with van der Waals surface area (Å²) in [5, 5.41) is 4.03. The number of amides is 3. The number of hydrogen-bond donors (Lipinski definition) is 1. The van der Waals surface area contributed by atoms with Gasteiger partial charge in [0.2, 0.25) is 17.7 Å². The Morgan fingerprint density at radius 3 is 2.70 bits per heavy atom. The molecule has 8 heteroatoms. The van der Waals surface area contributed by atoms with Crippen molar-refractivity contribution in [2.24, 2.45) is 0 Å². The fourth-order valence-corrected chi connectivity index (χ4v) is 4.28. The number of nitrogens with zero attached hydrogens (tertiary/aromatic N) is 3. The van der Waals surface area contributed by atoms with Gasteiger partial charge in [0.1, 0.15) is 6.04 Å². The average molecular weight is 402 g/mol. The standard InChI is InChI=1S/C22H18N4O4/c1-30-21-16-10-23-9-15(13(16)7-8-24-21)12-3-2-4-14-17(12)11-26(22(14)29)18-5-6-19(27)25-20(18)28/h2-4,7-10,18H,5-6,11H2,1H3,(H,25,27,28). The summed E-state index contributed by atoms with van der Waals surface area (Å²) in [6, 6.07) is 6.79. The minimum Gasteiger partial charge on any atom is -0.481 e. The van der Waals surface area contributed by atoms with E-state index in [1.165, 1.54) is 0 Å². The molecule has 30 heavy (non-hydrogen) atoms. The fourth-order valence-electron chi connectivity index (χ4n) is 4.28. The monoisotopic (exact) mass is 402 g/mol. The summed E-state index contributed by atoms with van der Waals surface area (Å²) in [6.45, 7) is 0.301. The molecule has 8 nitrogen and oxygen atoms in total. The molecule has 0 bridgehead atoms. The quantitative estimate of drug-likeness (QED) is 0.673. The lowest BCUT2D eigenvalue weighted by atomic mass is 9.95. The molecule has 2 aliphatic heterocycles. The van der Waals surface area contributed by atoms with E-state index in [-0.39, 0.29) is 18.2 Å². The third kappa shape index (κ3) is 2.72. The zero-order valence-electron chi connectivity index (χ0n) is 16.2. The van der Waals surface area contributed by atoms with E-state index in [2.05, 4.69) is 15.3 Å². The van der Waals surface area contributed by atoms with Crippen molar-refractivity contribution in [2.45, 2.75) is 25.4 Å². The summed E-state index contributed by atoms with van der Waals surface area (Å²) in [5.41, 5.74) is 3.15. The number of fused-ring (bicyclic) bond motifs is 2. The Labute approximate surface area is 171 Å². The highest BCUT2D eigenvalue weighted by molar-refractivity contribution is 6.07. The van der Waals surface area contributed by atoms with E-state index >= 15 is 0 Å². The van der Waals surface area contributed by atoms with E-state index < -0.39 is 11.9 Å². The van der Waals surface area contributed by atoms with Crippen molar-refractivity contribution in [1.29, 1.82) is 0 Å². The molecule has 0 aliphatic carbocycles. The maximum Gasteiger partial charge on any atom is 0.255 e. The van der Waals surface area contributed by atoms with Gasteiger partial charge in [0.15, 0.2) is 0 Å². The predicted molar refractivity (Wildman–Crippen MR) is 108 cm³/mol. The number of piperidine rings is 1. The summed E-state index contributed by atoms with van der Waals surface area (Å²) in [4.78, 5) is 47.0. The van der Waals surface area contributed by atoms with Gasteiger partial charge in [0.05, 0.1) is 12.5 Å². The molecule has 1 N–H and O–H groups in total. The highest BCUT2D eigenvalue weighted by Gasteiger charge is 2.40. The van der Waals surface area contributed by atoms with Crippen molar-refractivity contribution in [2.75, 3.05) is 7.11 Å². The van der Waals surface area contributed by atoms with Crippen LogP contribution in [-0.4, -0.2) is 45.7 Å². The SMILES string of the molecule is COc1nccc2c(-c3cccc4c3CN(C3CCC(=O)NC3=O)C4=O)cncc12. The first-order valence-corrected chi connectivity index (χ1v) is 9.62. The van der Waals surface area contributed by atoms with Crippen molar-refractivity contribution in [3.05, 3.63) is 54.0 Å². The number of imide groups is 1. The van der Waals surface area contributed by atoms with Crippen molar-refractivity contribution in [3.8, 4) is 17.0 Å². The normalized spacial score (nSPS) is 18.5. The summed E-state index contributed by atoms with van der Waals surface area (Å²) >= 11 is 0. The van der Waals surface area contributed by atoms with E-state index in [1.807, 2.05) is 18.2 Å². The number of ether oxygens (including phenoxy) is 1. The number of benzene rings is 1. The van der Waals surface area contributed by atoms with Crippen LogP contribution in [0.1, 0.15) is 28.8 Å². The van der Waals surface area contributed by atoms with E-state index in [9.17, 15) is 14.4 Å². The van der Waals surface area contributed by atoms with Gasteiger partial charge in [0, 0.05) is 42.7 Å². The zero-order valence-corrected chi connectivity index (χ0v) is 16.2. The third-order valence-corrected chi connectivity index (χ3v) is 5.72. The number of pyridine rings is 2. The Kier molecular flexibility index (Phi) is 4.20. The first-order chi connectivity index (χ1) is 14.6. The number of nitrogens with one attached hydrogen (secondary N) is 1. The van der Waals surface area contributed by atoms with Crippen LogP contribution in [0.15, 0.2) is 42.9 Å². The van der Waals surface area contributed by atoms with Gasteiger partial charge in [-0.15, -0.1) is 0 Å². The zero-order chi connectivity index (χ0) is 20.8. The highest BCUT2D eigenvalue weighted by atomic mass is 16.5. The van der Waals surface area contributed by atoms with Crippen molar-refractivity contribution < 1.29 is 19.1 Å². The van der Waals surface area contributed by atoms with Crippen LogP contribution in [0.25, 0.3) is 21.9 Å². The van der Waals surface area contributed by atoms with Crippen LogP contribution in [0.5, 0.6) is 5.88 Å². The molecule has 150 valence electrons. The maximum atomic E-state index is 13.1. The highest BCUT2D eigenvalue weighted by Crippen LogP contribution is 2.38. The smallest absolute Gasteiger partial charge is 0.255 e. The van der Waals surface area contributed by atoms with Crippen LogP contribution < -0.4 is 10.1 Å². The van der Waals surface area contributed by atoms with Crippen LogP contribution >= 0.6 is 0 Å². The summed E-state index contributed by atoms with van der Waals surface area (Å²) in [7, 11) is 1.56. The molecule has 1 unspecified atom stereocenters. The van der Waals surface area contributed by atoms with Gasteiger partial charge in [0.25, 0.3) is 5.91 Å². The molecule has 0 saturated carbocycles. The van der Waals surface area contributed by atoms with Gasteiger partial charge in [-0.1, -0.05) is 12.1 Å². The van der Waals surface area contributed by atoms with Crippen molar-refractivity contribution in [1.82, 2.24) is 20.2 Å². The first-order valence-electron chi connectivity index (χ1n) is 9.62. The number of rotatable bonds is 3. The number of aromatic nitrogens is 2. The Balaban J connectivity index is 1.60. The van der Waals surface area contributed by atoms with Crippen LogP contribution in [0.2, 0.25) is 0 Å². The Bertz CT molecular complexity index is 1220. The largest absolute Gasteiger partial charge is 0.481 e. The van der Waals surface area contributed by atoms with Gasteiger partial charge in [-0.2, -0.15) is 0 Å². The molecule has 5 rings (SSSR count). The Hall–Kier alpha value is -3.81. The Morgan fingerprint density at radius 2 is 1.90 bits per heavy atom. The molecule has 2 aromatic heterocycles. The number of carbonyl (C=O) groups is 3. The molecular weight excluding hydrogens is 384 g/mol. The molecule has 1 atom stereocenters. The topological polar surface area (TPSA) is 101 Å². The molecule has 3 amide bonds. The van der Waals surface area contributed by atoms with Gasteiger partial charge < -0.3 is 9.64 Å². The lowest BCUT2D eigenvalue weighted by Crippen LogP contribution is -2.52. The predicted octanol–water partition coefficient (Wildman–Crippen LogP) is 2.07. The summed E-state index contributed by atoms with van der Waals surface area (Å²) in [6.07, 6.45) is 5.70. The molecule has 0 spiro atoms. The summed E-state index contributed by atoms with van der Waals surface area (Å²) in [5.74, 6) is -0.438. The first kappa shape index (κ1) is 18.2. The molecule has 4 heterocycles. The van der Waals surface area contributed by atoms with E-state index in [4.69, 9.17) is 4.74 Å². The lowest BCUT2D eigenvalue weighted by molar-refractivity contribution is -0.136. The summed E-state index contributed by atoms with van der Waals surface area (Å²) < 4.78 is 5.36. The number of hydrogen-bond acceptors (Lipinski definition) is 6. The average Bonchev–Trinajstić information content (AvgIpc) is 3.09. The van der Waals surface area contributed by atoms with Gasteiger partial charge in [-0.25, -0.2) is 4.98 Å². The minimum atomic E-state index is -0.648. The second kappa shape index (κ2) is 6.91.